The fourth-order valence-corrected chi connectivity index (χ4v) is 7.89. The molecule has 4 heterocycles. The van der Waals surface area contributed by atoms with Crippen molar-refractivity contribution in [3.05, 3.63) is 47.7 Å². The number of aromatic hydroxyl groups is 1. The number of aryl methyl sites for hydroxylation is 1. The number of hydrogen-bond donors (Lipinski definition) is 1. The second-order valence-electron chi connectivity index (χ2n) is 12.6. The van der Waals surface area contributed by atoms with E-state index in [2.05, 4.69) is 26.8 Å². The van der Waals surface area contributed by atoms with E-state index >= 15 is 4.39 Å². The van der Waals surface area contributed by atoms with E-state index in [4.69, 9.17) is 14.5 Å². The van der Waals surface area contributed by atoms with Crippen molar-refractivity contribution in [1.82, 2.24) is 19.9 Å². The number of rotatable bonds is 6. The van der Waals surface area contributed by atoms with Gasteiger partial charge < -0.3 is 24.4 Å². The fraction of sp³-hybridized carbons (Fsp3) is 0.500. The fourth-order valence-electron chi connectivity index (χ4n) is 7.89. The largest absolute Gasteiger partial charge is 0.508 e. The van der Waals surface area contributed by atoms with Crippen LogP contribution in [0.25, 0.3) is 32.9 Å². The van der Waals surface area contributed by atoms with Crippen LogP contribution < -0.4 is 9.64 Å². The minimum atomic E-state index is -0.658. The summed E-state index contributed by atoms with van der Waals surface area (Å²) in [6.07, 6.45) is 8.42. The van der Waals surface area contributed by atoms with Crippen LogP contribution >= 0.6 is 0 Å². The van der Waals surface area contributed by atoms with Gasteiger partial charge >= 0.3 is 6.01 Å². The number of anilines is 1. The van der Waals surface area contributed by atoms with Crippen LogP contribution in [0.5, 0.6) is 11.8 Å². The average Bonchev–Trinajstić information content (AvgIpc) is 3.28. The van der Waals surface area contributed by atoms with Crippen molar-refractivity contribution < 1.29 is 23.4 Å². The van der Waals surface area contributed by atoms with Gasteiger partial charge in [-0.2, -0.15) is 9.97 Å². The zero-order valence-electron chi connectivity index (χ0n) is 25.4. The Morgan fingerprint density at radius 3 is 2.80 bits per heavy atom. The van der Waals surface area contributed by atoms with Crippen LogP contribution in [0.2, 0.25) is 0 Å². The summed E-state index contributed by atoms with van der Waals surface area (Å²) < 4.78 is 43.8. The van der Waals surface area contributed by atoms with Gasteiger partial charge in [0.2, 0.25) is 0 Å². The maximum atomic E-state index is 16.8. The van der Waals surface area contributed by atoms with Gasteiger partial charge in [-0.25, -0.2) is 8.78 Å². The number of phenolic OH excluding ortho intramolecular Hbond substituents is 1. The van der Waals surface area contributed by atoms with Gasteiger partial charge in [-0.05, 0) is 86.7 Å². The summed E-state index contributed by atoms with van der Waals surface area (Å²) >= 11 is 0. The highest BCUT2D eigenvalue weighted by Gasteiger charge is 2.47. The molecular weight excluding hydrogens is 564 g/mol. The molecule has 4 aromatic rings. The quantitative estimate of drug-likeness (QED) is 0.277. The third kappa shape index (κ3) is 5.01. The number of phenols is 1. The van der Waals surface area contributed by atoms with Crippen LogP contribution in [0, 0.1) is 17.0 Å². The molecule has 8 nitrogen and oxygen atoms in total. The Labute approximate surface area is 256 Å². The molecule has 3 fully saturated rings. The molecule has 0 radical (unpaired) electrons. The lowest BCUT2D eigenvalue weighted by atomic mass is 9.76. The first-order chi connectivity index (χ1) is 21.4. The van der Waals surface area contributed by atoms with Gasteiger partial charge in [0.25, 0.3) is 0 Å². The molecule has 232 valence electrons. The number of piperidine rings is 1. The normalized spacial score (nSPS) is 22.8. The molecule has 2 saturated heterocycles. The molecule has 1 saturated carbocycles. The molecule has 7 rings (SSSR count). The SMILES string of the molecule is CCc1c(F)ccc2cc(O)cc(-c3ncc4c(N5CCCOCC5)nc(OCC56CCCC5N(C)CCC6)nc4c3F)c12. The van der Waals surface area contributed by atoms with Crippen molar-refractivity contribution in [2.45, 2.75) is 57.9 Å². The van der Waals surface area contributed by atoms with E-state index in [1.807, 2.05) is 6.92 Å². The first kappa shape index (κ1) is 29.1. The number of likely N-dealkylation sites (tertiary alicyclic amines) is 1. The third-order valence-electron chi connectivity index (χ3n) is 9.99. The monoisotopic (exact) mass is 603 g/mol. The molecule has 2 unspecified atom stereocenters. The number of fused-ring (bicyclic) bond motifs is 3. The van der Waals surface area contributed by atoms with E-state index in [9.17, 15) is 9.50 Å². The third-order valence-corrected chi connectivity index (χ3v) is 9.99. The van der Waals surface area contributed by atoms with E-state index < -0.39 is 5.82 Å². The molecule has 1 N–H and O–H groups in total. The second-order valence-corrected chi connectivity index (χ2v) is 12.6. The van der Waals surface area contributed by atoms with E-state index in [0.29, 0.717) is 78.5 Å². The molecule has 10 heteroatoms. The summed E-state index contributed by atoms with van der Waals surface area (Å²) in [7, 11) is 2.20. The standard InChI is InChI=1S/C34H39F2N5O3/c1-3-23-26(35)9-8-21-17-22(42)18-24(28(21)23)30-29(36)31-25(19-37-30)32(41-13-6-15-43-16-14-41)39-33(38-31)44-20-34-10-4-7-27(34)40(2)12-5-11-34/h8-9,17-19,27,42H,3-7,10-16,20H2,1-2H3. The Balaban J connectivity index is 1.37. The van der Waals surface area contributed by atoms with Crippen molar-refractivity contribution in [1.29, 1.82) is 0 Å². The van der Waals surface area contributed by atoms with Crippen LogP contribution in [0.15, 0.2) is 30.5 Å². The zero-order valence-corrected chi connectivity index (χ0v) is 25.4. The zero-order chi connectivity index (χ0) is 30.4. The molecule has 2 aliphatic heterocycles. The molecular formula is C34H39F2N5O3. The number of nitrogens with zero attached hydrogens (tertiary/aromatic N) is 5. The minimum Gasteiger partial charge on any atom is -0.508 e. The molecule has 0 amide bonds. The summed E-state index contributed by atoms with van der Waals surface area (Å²) in [5, 5.41) is 12.2. The molecule has 2 aromatic carbocycles. The van der Waals surface area contributed by atoms with E-state index in [-0.39, 0.29) is 34.2 Å². The van der Waals surface area contributed by atoms with Crippen LogP contribution in [-0.4, -0.2) is 77.5 Å². The molecule has 2 aromatic heterocycles. The number of benzene rings is 2. The molecule has 2 atom stereocenters. The van der Waals surface area contributed by atoms with Crippen LogP contribution in [0.3, 0.4) is 0 Å². The van der Waals surface area contributed by atoms with Gasteiger partial charge in [0, 0.05) is 42.9 Å². The predicted octanol–water partition coefficient (Wildman–Crippen LogP) is 6.26. The second kappa shape index (κ2) is 11.7. The minimum absolute atomic E-state index is 0.00291. The van der Waals surface area contributed by atoms with E-state index in [1.54, 1.807) is 18.3 Å². The van der Waals surface area contributed by atoms with Crippen molar-refractivity contribution in [2.75, 3.05) is 51.4 Å². The van der Waals surface area contributed by atoms with Gasteiger partial charge in [0.15, 0.2) is 5.82 Å². The summed E-state index contributed by atoms with van der Waals surface area (Å²) in [5.74, 6) is -0.526. The highest BCUT2D eigenvalue weighted by molar-refractivity contribution is 6.01. The van der Waals surface area contributed by atoms with Gasteiger partial charge in [-0.15, -0.1) is 0 Å². The summed E-state index contributed by atoms with van der Waals surface area (Å²) in [4.78, 5) is 18.6. The van der Waals surface area contributed by atoms with Crippen LogP contribution in [-0.2, 0) is 11.2 Å². The number of aromatic nitrogens is 3. The Hall–Kier alpha value is -3.63. The number of ether oxygens (including phenoxy) is 2. The van der Waals surface area contributed by atoms with Crippen molar-refractivity contribution in [3.63, 3.8) is 0 Å². The predicted molar refractivity (Wildman–Crippen MR) is 166 cm³/mol. The van der Waals surface area contributed by atoms with Crippen molar-refractivity contribution >= 4 is 27.5 Å². The van der Waals surface area contributed by atoms with Crippen molar-refractivity contribution in [3.8, 4) is 23.0 Å². The molecule has 44 heavy (non-hydrogen) atoms. The Kier molecular flexibility index (Phi) is 7.74. The molecule has 3 aliphatic rings. The van der Waals surface area contributed by atoms with E-state index in [1.165, 1.54) is 12.1 Å². The number of hydrogen-bond acceptors (Lipinski definition) is 8. The lowest BCUT2D eigenvalue weighted by molar-refractivity contribution is 0.0133. The van der Waals surface area contributed by atoms with Crippen molar-refractivity contribution in [2.24, 2.45) is 5.41 Å². The van der Waals surface area contributed by atoms with Crippen LogP contribution in [0.1, 0.15) is 51.0 Å². The maximum Gasteiger partial charge on any atom is 0.319 e. The Morgan fingerprint density at radius 2 is 1.93 bits per heavy atom. The first-order valence-electron chi connectivity index (χ1n) is 15.8. The highest BCUT2D eigenvalue weighted by Crippen LogP contribution is 2.47. The van der Waals surface area contributed by atoms with Gasteiger partial charge in [0.1, 0.15) is 28.6 Å². The number of halogens is 2. The van der Waals surface area contributed by atoms with Gasteiger partial charge in [-0.1, -0.05) is 19.4 Å². The van der Waals surface area contributed by atoms with Gasteiger partial charge in [0.05, 0.1) is 18.6 Å². The lowest BCUT2D eigenvalue weighted by Crippen LogP contribution is -2.50. The van der Waals surface area contributed by atoms with E-state index in [0.717, 1.165) is 45.1 Å². The summed E-state index contributed by atoms with van der Waals surface area (Å²) in [6, 6.07) is 6.58. The average molecular weight is 604 g/mol. The molecule has 1 aliphatic carbocycles. The smallest absolute Gasteiger partial charge is 0.319 e. The lowest BCUT2D eigenvalue weighted by Gasteiger charge is -2.44. The summed E-state index contributed by atoms with van der Waals surface area (Å²) in [6.45, 7) is 5.90. The summed E-state index contributed by atoms with van der Waals surface area (Å²) in [5.41, 5.74) is 0.882. The molecule has 0 spiro atoms. The maximum absolute atomic E-state index is 16.8. The Bertz CT molecular complexity index is 1710. The molecule has 0 bridgehead atoms. The van der Waals surface area contributed by atoms with Gasteiger partial charge in [-0.3, -0.25) is 4.98 Å². The van der Waals surface area contributed by atoms with Crippen LogP contribution in [0.4, 0.5) is 14.6 Å². The Morgan fingerprint density at radius 1 is 1.07 bits per heavy atom. The topological polar surface area (TPSA) is 83.8 Å². The highest BCUT2D eigenvalue weighted by atomic mass is 19.1. The first-order valence-corrected chi connectivity index (χ1v) is 15.8. The number of pyridine rings is 1.